The Labute approximate surface area is 400 Å². The van der Waals surface area contributed by atoms with Gasteiger partial charge in [-0.3, -0.25) is 49.2 Å². The zero-order valence-corrected chi connectivity index (χ0v) is 40.0. The van der Waals surface area contributed by atoms with Crippen molar-refractivity contribution in [1.82, 2.24) is 25.8 Å². The molecule has 4 amide bonds. The van der Waals surface area contributed by atoms with Gasteiger partial charge in [0.25, 0.3) is 0 Å². The SMILES string of the molecule is CC(C)(C)OC(=O)[C@]1([N+](=O)[O-])C(C(=O)OCc2ccccc2)CCN1C(=O)[C@@H](N)CCCNC(=N)N.CC[C@H](C)[C@H](NC(=O)[C@@H](N)CCC(N)=O)C(=O)N1CCC[C@H]1C(=O)O.O=C(O)[C@@H]1CCCN1. The summed E-state index contributed by atoms with van der Waals surface area (Å²) in [5.74, 6) is -8.49. The molecule has 0 aliphatic carbocycles. The van der Waals surface area contributed by atoms with E-state index in [0.717, 1.165) is 24.3 Å². The lowest BCUT2D eigenvalue weighted by molar-refractivity contribution is -0.583. The van der Waals surface area contributed by atoms with Crippen LogP contribution in [0.3, 0.4) is 0 Å². The van der Waals surface area contributed by atoms with Crippen molar-refractivity contribution < 1.29 is 63.0 Å². The number of nitrogens with zero attached hydrogens (tertiary/aromatic N) is 3. The molecule has 3 saturated heterocycles. The summed E-state index contributed by atoms with van der Waals surface area (Å²) in [5.41, 5.74) is 18.7. The number of nitrogens with one attached hydrogen (secondary N) is 4. The number of hydrogen-bond donors (Lipinski definition) is 10. The number of rotatable bonds is 20. The van der Waals surface area contributed by atoms with Gasteiger partial charge in [0, 0.05) is 26.1 Å². The van der Waals surface area contributed by atoms with Crippen LogP contribution in [0.15, 0.2) is 30.3 Å². The first-order valence-corrected chi connectivity index (χ1v) is 22.9. The van der Waals surface area contributed by atoms with E-state index >= 15 is 0 Å². The molecule has 69 heavy (non-hydrogen) atoms. The van der Waals surface area contributed by atoms with Gasteiger partial charge in [-0.1, -0.05) is 50.6 Å². The lowest BCUT2D eigenvalue weighted by Gasteiger charge is -2.34. The van der Waals surface area contributed by atoms with E-state index in [1.807, 2.05) is 13.8 Å². The Kier molecular flexibility index (Phi) is 23.4. The van der Waals surface area contributed by atoms with Gasteiger partial charge in [-0.05, 0) is 90.2 Å². The molecule has 3 aliphatic heterocycles. The second-order valence-corrected chi connectivity index (χ2v) is 18.0. The Hall–Kier alpha value is -6.47. The molecule has 3 aliphatic rings. The maximum Gasteiger partial charge on any atom is 0.409 e. The van der Waals surface area contributed by atoms with Crippen LogP contribution in [0, 0.1) is 27.4 Å². The maximum atomic E-state index is 13.3. The average Bonchev–Trinajstić information content (AvgIpc) is 4.09. The summed E-state index contributed by atoms with van der Waals surface area (Å²) < 4.78 is 10.7. The smallest absolute Gasteiger partial charge is 0.409 e. The van der Waals surface area contributed by atoms with Gasteiger partial charge in [0.05, 0.1) is 17.0 Å². The topological polar surface area (TPSA) is 409 Å². The van der Waals surface area contributed by atoms with E-state index in [4.69, 9.17) is 42.9 Å². The number of nitro groups is 1. The molecular weight excluding hydrogens is 907 g/mol. The molecule has 1 aromatic rings. The minimum absolute atomic E-state index is 0.0241. The summed E-state index contributed by atoms with van der Waals surface area (Å²) in [7, 11) is 0. The van der Waals surface area contributed by atoms with Gasteiger partial charge in [0.15, 0.2) is 11.9 Å². The average molecular weight is 978 g/mol. The van der Waals surface area contributed by atoms with Crippen molar-refractivity contribution in [1.29, 1.82) is 5.41 Å². The van der Waals surface area contributed by atoms with E-state index < -0.39 is 93.8 Å². The quantitative estimate of drug-likeness (QED) is 0.0196. The normalized spacial score (nSPS) is 21.3. The molecule has 1 aromatic carbocycles. The summed E-state index contributed by atoms with van der Waals surface area (Å²) in [6.45, 7) is 9.31. The number of aliphatic carboxylic acids is 2. The molecule has 3 heterocycles. The number of carbonyl (C=O) groups excluding carboxylic acids is 6. The molecule has 14 N–H and O–H groups in total. The number of amides is 4. The molecule has 0 bridgehead atoms. The molecule has 25 nitrogen and oxygen atoms in total. The van der Waals surface area contributed by atoms with Crippen LogP contribution in [-0.4, -0.2) is 146 Å². The van der Waals surface area contributed by atoms with Gasteiger partial charge >= 0.3 is 29.5 Å². The highest BCUT2D eigenvalue weighted by Gasteiger charge is 2.72. The van der Waals surface area contributed by atoms with E-state index in [0.29, 0.717) is 37.8 Å². The highest BCUT2D eigenvalue weighted by Crippen LogP contribution is 2.40. The summed E-state index contributed by atoms with van der Waals surface area (Å²) in [4.78, 5) is 111. The van der Waals surface area contributed by atoms with Gasteiger partial charge < -0.3 is 63.5 Å². The van der Waals surface area contributed by atoms with Crippen molar-refractivity contribution in [2.75, 3.05) is 26.2 Å². The lowest BCUT2D eigenvalue weighted by atomic mass is 9.92. The van der Waals surface area contributed by atoms with E-state index in [2.05, 4.69) is 16.0 Å². The van der Waals surface area contributed by atoms with Gasteiger partial charge in [0.2, 0.25) is 23.6 Å². The Morgan fingerprint density at radius 2 is 1.61 bits per heavy atom. The molecule has 25 heteroatoms. The fourth-order valence-electron chi connectivity index (χ4n) is 7.72. The molecule has 4 rings (SSSR count). The summed E-state index contributed by atoms with van der Waals surface area (Å²) >= 11 is 0. The summed E-state index contributed by atoms with van der Waals surface area (Å²) in [6, 6.07) is 4.57. The molecule has 0 spiro atoms. The van der Waals surface area contributed by atoms with Crippen molar-refractivity contribution in [2.45, 2.75) is 147 Å². The largest absolute Gasteiger partial charge is 0.480 e. The van der Waals surface area contributed by atoms with Crippen molar-refractivity contribution in [3.05, 3.63) is 46.0 Å². The van der Waals surface area contributed by atoms with Crippen molar-refractivity contribution in [3.8, 4) is 0 Å². The van der Waals surface area contributed by atoms with Crippen LogP contribution >= 0.6 is 0 Å². The third kappa shape index (κ3) is 17.5. The first-order chi connectivity index (χ1) is 32.3. The first kappa shape index (κ1) is 58.7. The number of benzene rings is 1. The zero-order valence-electron chi connectivity index (χ0n) is 40.0. The first-order valence-electron chi connectivity index (χ1n) is 22.9. The van der Waals surface area contributed by atoms with Crippen molar-refractivity contribution in [3.63, 3.8) is 0 Å². The van der Waals surface area contributed by atoms with Crippen LogP contribution in [0.5, 0.6) is 0 Å². The van der Waals surface area contributed by atoms with Gasteiger partial charge in [-0.25, -0.2) is 9.59 Å². The number of carboxylic acids is 2. The monoisotopic (exact) mass is 978 g/mol. The maximum absolute atomic E-state index is 13.3. The lowest BCUT2D eigenvalue weighted by Crippen LogP contribution is -2.66. The minimum atomic E-state index is -2.83. The van der Waals surface area contributed by atoms with Crippen molar-refractivity contribution >= 4 is 53.5 Å². The number of esters is 2. The van der Waals surface area contributed by atoms with Crippen molar-refractivity contribution in [2.24, 2.45) is 34.8 Å². The highest BCUT2D eigenvalue weighted by molar-refractivity contribution is 5.95. The summed E-state index contributed by atoms with van der Waals surface area (Å²) in [6.07, 6.45) is 3.74. The van der Waals surface area contributed by atoms with Crippen LogP contribution in [0.4, 0.5) is 0 Å². The molecular formula is C44H71N11O14. The predicted octanol–water partition coefficient (Wildman–Crippen LogP) is -0.508. The number of ether oxygens (including phenoxy) is 2. The van der Waals surface area contributed by atoms with E-state index in [9.17, 15) is 53.6 Å². The highest BCUT2D eigenvalue weighted by atomic mass is 16.7. The Morgan fingerprint density at radius 1 is 0.957 bits per heavy atom. The third-order valence-corrected chi connectivity index (χ3v) is 11.6. The van der Waals surface area contributed by atoms with E-state index in [1.165, 1.54) is 25.7 Å². The molecule has 0 saturated carbocycles. The second-order valence-electron chi connectivity index (χ2n) is 18.0. The van der Waals surface area contributed by atoms with Crippen LogP contribution in [0.25, 0.3) is 0 Å². The number of carbonyl (C=O) groups is 8. The standard InChI is InChI=1S/C23H34N6O7.C16H28N4O5.C5H9NO2/c1-22(2,3)36-20(32)23(29(33)34)16(19(31)35-14-15-8-5-4-6-9-15)11-13-28(23)18(30)17(24)10-7-12-27-21(25)26;1-3-9(2)13(19-14(22)10(17)6-7-12(18)21)15(23)20-8-4-5-11(20)16(24)25;7-5(8)4-2-1-3-6-4/h4-6,8-9,16-17H,7,10-14,24H2,1-3H3,(H4,25,26,27);9-11,13H,3-8,17H2,1-2H3,(H2,18,21)(H,19,22)(H,24,25);4,6H,1-3H2,(H,7,8)/t16?,17-,23+;9-,10-,11-,13-;4-/m000/s1. The number of nitrogens with two attached hydrogens (primary N) is 4. The Morgan fingerprint density at radius 3 is 2.12 bits per heavy atom. The second kappa shape index (κ2) is 27.5. The molecule has 0 aromatic heterocycles. The fourth-order valence-corrected chi connectivity index (χ4v) is 7.72. The fraction of sp³-hybridized carbons (Fsp3) is 0.659. The minimum Gasteiger partial charge on any atom is -0.480 e. The predicted molar refractivity (Wildman–Crippen MR) is 248 cm³/mol. The number of carboxylic acid groups (broad SMARTS) is 2. The number of primary amides is 1. The summed E-state index contributed by atoms with van der Waals surface area (Å²) in [5, 5.41) is 45.4. The molecule has 386 valence electrons. The van der Waals surface area contributed by atoms with Gasteiger partial charge in [0.1, 0.15) is 30.3 Å². The number of guanidine groups is 1. The van der Waals surface area contributed by atoms with Crippen LogP contribution in [0.2, 0.25) is 0 Å². The third-order valence-electron chi connectivity index (χ3n) is 11.6. The van der Waals surface area contributed by atoms with Crippen LogP contribution in [-0.2, 0) is 54.4 Å². The molecule has 3 fully saturated rings. The zero-order chi connectivity index (χ0) is 52.2. The van der Waals surface area contributed by atoms with Gasteiger partial charge in [-0.15, -0.1) is 0 Å². The van der Waals surface area contributed by atoms with E-state index in [-0.39, 0.29) is 63.3 Å². The van der Waals surface area contributed by atoms with E-state index in [1.54, 1.807) is 30.3 Å². The molecule has 8 atom stereocenters. The number of likely N-dealkylation sites (tertiary alicyclic amines) is 2. The molecule has 0 radical (unpaired) electrons. The van der Waals surface area contributed by atoms with Gasteiger partial charge in [-0.2, -0.15) is 0 Å². The van der Waals surface area contributed by atoms with Crippen LogP contribution < -0.4 is 38.9 Å². The Balaban J connectivity index is 0.000000425. The molecule has 1 unspecified atom stereocenters. The Bertz CT molecular complexity index is 1960. The van der Waals surface area contributed by atoms with Crippen LogP contribution in [0.1, 0.15) is 104 Å². The number of hydrogen-bond acceptors (Lipinski definition) is 16.